The summed E-state index contributed by atoms with van der Waals surface area (Å²) in [7, 11) is 1.73. The Bertz CT molecular complexity index is 468. The minimum Gasteiger partial charge on any atom is -0.496 e. The molecule has 1 atom stereocenters. The third-order valence-electron chi connectivity index (χ3n) is 4.16. The third kappa shape index (κ3) is 3.91. The van der Waals surface area contributed by atoms with Gasteiger partial charge in [0.1, 0.15) is 11.5 Å². The van der Waals surface area contributed by atoms with Gasteiger partial charge in [-0.05, 0) is 38.3 Å². The van der Waals surface area contributed by atoms with Crippen LogP contribution in [0.25, 0.3) is 0 Å². The lowest BCUT2D eigenvalue weighted by Gasteiger charge is -2.26. The van der Waals surface area contributed by atoms with Crippen molar-refractivity contribution in [2.24, 2.45) is 0 Å². The summed E-state index contributed by atoms with van der Waals surface area (Å²) >= 11 is 0. The number of hydrogen-bond donors (Lipinski definition) is 0. The standard InChI is InChI=1S/C18H28O3/c1-5-6-7-8-9-20-17-11-15-10-13(2)21-12-16(15)18(19-4)14(17)3/h11,13H,5-10,12H2,1-4H3. The molecule has 3 nitrogen and oxygen atoms in total. The van der Waals surface area contributed by atoms with E-state index in [1.165, 1.54) is 30.4 Å². The molecule has 0 spiro atoms. The summed E-state index contributed by atoms with van der Waals surface area (Å²) in [6.07, 6.45) is 6.09. The molecule has 2 rings (SSSR count). The van der Waals surface area contributed by atoms with Gasteiger partial charge in [-0.2, -0.15) is 0 Å². The van der Waals surface area contributed by atoms with Crippen molar-refractivity contribution in [3.63, 3.8) is 0 Å². The minimum atomic E-state index is 0.266. The Morgan fingerprint density at radius 1 is 1.29 bits per heavy atom. The Hall–Kier alpha value is -1.22. The van der Waals surface area contributed by atoms with Gasteiger partial charge in [-0.1, -0.05) is 26.2 Å². The molecule has 0 saturated carbocycles. The number of benzene rings is 1. The summed E-state index contributed by atoms with van der Waals surface area (Å²) in [5, 5.41) is 0. The molecule has 1 aromatic rings. The highest BCUT2D eigenvalue weighted by Crippen LogP contribution is 2.38. The molecule has 0 fully saturated rings. The first-order chi connectivity index (χ1) is 10.2. The molecule has 3 heteroatoms. The average Bonchev–Trinajstić information content (AvgIpc) is 2.47. The van der Waals surface area contributed by atoms with Crippen molar-refractivity contribution in [3.05, 3.63) is 22.8 Å². The van der Waals surface area contributed by atoms with Crippen molar-refractivity contribution in [2.75, 3.05) is 13.7 Å². The van der Waals surface area contributed by atoms with Crippen LogP contribution in [-0.2, 0) is 17.8 Å². The van der Waals surface area contributed by atoms with Crippen molar-refractivity contribution >= 4 is 0 Å². The second kappa shape index (κ2) is 7.69. The van der Waals surface area contributed by atoms with Gasteiger partial charge in [0.15, 0.2) is 0 Å². The van der Waals surface area contributed by atoms with Crippen LogP contribution >= 0.6 is 0 Å². The molecule has 1 unspecified atom stereocenters. The summed E-state index contributed by atoms with van der Waals surface area (Å²) in [5.41, 5.74) is 3.58. The van der Waals surface area contributed by atoms with E-state index in [9.17, 15) is 0 Å². The number of methoxy groups -OCH3 is 1. The number of rotatable bonds is 7. The van der Waals surface area contributed by atoms with Gasteiger partial charge in [-0.3, -0.25) is 0 Å². The van der Waals surface area contributed by atoms with E-state index in [1.807, 2.05) is 0 Å². The van der Waals surface area contributed by atoms with Gasteiger partial charge in [-0.15, -0.1) is 0 Å². The Balaban J connectivity index is 2.12. The maximum absolute atomic E-state index is 6.01. The van der Waals surface area contributed by atoms with Crippen LogP contribution in [0, 0.1) is 6.92 Å². The Labute approximate surface area is 128 Å². The lowest BCUT2D eigenvalue weighted by atomic mass is 9.95. The van der Waals surface area contributed by atoms with Gasteiger partial charge < -0.3 is 14.2 Å². The van der Waals surface area contributed by atoms with E-state index >= 15 is 0 Å². The summed E-state index contributed by atoms with van der Waals surface area (Å²) in [4.78, 5) is 0. The van der Waals surface area contributed by atoms with E-state index in [2.05, 4.69) is 26.8 Å². The fourth-order valence-corrected chi connectivity index (χ4v) is 2.91. The van der Waals surface area contributed by atoms with Crippen LogP contribution in [-0.4, -0.2) is 19.8 Å². The third-order valence-corrected chi connectivity index (χ3v) is 4.16. The molecule has 0 radical (unpaired) electrons. The highest BCUT2D eigenvalue weighted by atomic mass is 16.5. The smallest absolute Gasteiger partial charge is 0.131 e. The van der Waals surface area contributed by atoms with Gasteiger partial charge in [0.2, 0.25) is 0 Å². The van der Waals surface area contributed by atoms with Crippen LogP contribution < -0.4 is 9.47 Å². The van der Waals surface area contributed by atoms with E-state index in [-0.39, 0.29) is 6.10 Å². The first-order valence-electron chi connectivity index (χ1n) is 8.11. The van der Waals surface area contributed by atoms with Gasteiger partial charge >= 0.3 is 0 Å². The molecule has 21 heavy (non-hydrogen) atoms. The molecule has 0 aromatic heterocycles. The molecule has 0 N–H and O–H groups in total. The highest BCUT2D eigenvalue weighted by molar-refractivity contribution is 5.54. The fourth-order valence-electron chi connectivity index (χ4n) is 2.91. The van der Waals surface area contributed by atoms with Gasteiger partial charge in [0, 0.05) is 11.1 Å². The van der Waals surface area contributed by atoms with Gasteiger partial charge in [0.25, 0.3) is 0 Å². The highest BCUT2D eigenvalue weighted by Gasteiger charge is 2.23. The summed E-state index contributed by atoms with van der Waals surface area (Å²) in [6.45, 7) is 7.83. The number of fused-ring (bicyclic) bond motifs is 1. The van der Waals surface area contributed by atoms with Crippen molar-refractivity contribution in [1.82, 2.24) is 0 Å². The maximum atomic E-state index is 6.01. The largest absolute Gasteiger partial charge is 0.496 e. The molecule has 0 saturated heterocycles. The van der Waals surface area contributed by atoms with Gasteiger partial charge in [0.05, 0.1) is 26.4 Å². The number of ether oxygens (including phenoxy) is 3. The van der Waals surface area contributed by atoms with E-state index in [0.717, 1.165) is 36.5 Å². The first-order valence-corrected chi connectivity index (χ1v) is 8.11. The predicted octanol–water partition coefficient (Wildman–Crippen LogP) is 4.42. The Morgan fingerprint density at radius 3 is 2.81 bits per heavy atom. The quantitative estimate of drug-likeness (QED) is 0.696. The normalized spacial score (nSPS) is 17.4. The van der Waals surface area contributed by atoms with Gasteiger partial charge in [-0.25, -0.2) is 0 Å². The molecule has 0 aliphatic carbocycles. The van der Waals surface area contributed by atoms with Crippen LogP contribution in [0.1, 0.15) is 56.2 Å². The van der Waals surface area contributed by atoms with E-state index in [0.29, 0.717) is 6.61 Å². The van der Waals surface area contributed by atoms with Crippen LogP contribution in [0.2, 0.25) is 0 Å². The van der Waals surface area contributed by atoms with Crippen LogP contribution in [0.5, 0.6) is 11.5 Å². The summed E-state index contributed by atoms with van der Waals surface area (Å²) in [6, 6.07) is 2.19. The Kier molecular flexibility index (Phi) is 5.92. The number of hydrogen-bond acceptors (Lipinski definition) is 3. The number of unbranched alkanes of at least 4 members (excludes halogenated alkanes) is 3. The average molecular weight is 292 g/mol. The van der Waals surface area contributed by atoms with Crippen LogP contribution in [0.4, 0.5) is 0 Å². The molecule has 0 bridgehead atoms. The SMILES string of the molecule is CCCCCCOc1cc2c(c(OC)c1C)COC(C)C2. The molecule has 1 aromatic carbocycles. The topological polar surface area (TPSA) is 27.7 Å². The zero-order valence-corrected chi connectivity index (χ0v) is 13.8. The minimum absolute atomic E-state index is 0.266. The summed E-state index contributed by atoms with van der Waals surface area (Å²) < 4.78 is 17.4. The molecule has 1 heterocycles. The monoisotopic (exact) mass is 292 g/mol. The Morgan fingerprint density at radius 2 is 2.10 bits per heavy atom. The lowest BCUT2D eigenvalue weighted by molar-refractivity contribution is 0.0394. The summed E-state index contributed by atoms with van der Waals surface area (Å²) in [5.74, 6) is 1.90. The first kappa shape index (κ1) is 16.2. The van der Waals surface area contributed by atoms with Crippen molar-refractivity contribution in [3.8, 4) is 11.5 Å². The van der Waals surface area contributed by atoms with Crippen molar-refractivity contribution in [1.29, 1.82) is 0 Å². The molecular formula is C18H28O3. The maximum Gasteiger partial charge on any atom is 0.131 e. The molecule has 1 aliphatic rings. The molecule has 1 aliphatic heterocycles. The second-order valence-electron chi connectivity index (χ2n) is 5.91. The second-order valence-corrected chi connectivity index (χ2v) is 5.91. The molecule has 0 amide bonds. The van der Waals surface area contributed by atoms with Crippen LogP contribution in [0.15, 0.2) is 6.07 Å². The van der Waals surface area contributed by atoms with E-state index < -0.39 is 0 Å². The van der Waals surface area contributed by atoms with E-state index in [4.69, 9.17) is 14.2 Å². The van der Waals surface area contributed by atoms with Crippen molar-refractivity contribution in [2.45, 2.75) is 65.6 Å². The predicted molar refractivity (Wildman–Crippen MR) is 85.3 cm³/mol. The zero-order chi connectivity index (χ0) is 15.2. The zero-order valence-electron chi connectivity index (χ0n) is 13.8. The van der Waals surface area contributed by atoms with Crippen LogP contribution in [0.3, 0.4) is 0 Å². The fraction of sp³-hybridized carbons (Fsp3) is 0.667. The van der Waals surface area contributed by atoms with E-state index in [1.54, 1.807) is 7.11 Å². The van der Waals surface area contributed by atoms with Crippen molar-refractivity contribution < 1.29 is 14.2 Å². The molecule has 118 valence electrons. The molecular weight excluding hydrogens is 264 g/mol. The lowest BCUT2D eigenvalue weighted by Crippen LogP contribution is -2.20.